The number of hydrogen-bond donors (Lipinski definition) is 0. The predicted octanol–water partition coefficient (Wildman–Crippen LogP) is 14.2. The number of rotatable bonds is 33. The molecule has 0 radical (unpaired) electrons. The lowest BCUT2D eigenvalue weighted by molar-refractivity contribution is -0.148. The Kier molecular flexibility index (Phi) is 40.5. The van der Waals surface area contributed by atoms with Gasteiger partial charge in [-0.05, 0) is 66.2 Å². The first kappa shape index (κ1) is 46.8. The van der Waals surface area contributed by atoms with Gasteiger partial charge in [0, 0.05) is 12.8 Å². The molecule has 46 heavy (non-hydrogen) atoms. The van der Waals surface area contributed by atoms with Crippen molar-refractivity contribution in [3.8, 4) is 0 Å². The van der Waals surface area contributed by atoms with Crippen LogP contribution in [0.1, 0.15) is 234 Å². The van der Waals surface area contributed by atoms with Crippen molar-refractivity contribution < 1.29 is 19.1 Å². The van der Waals surface area contributed by atoms with E-state index in [1.54, 1.807) is 0 Å². The summed E-state index contributed by atoms with van der Waals surface area (Å²) in [6, 6.07) is 0. The average Bonchev–Trinajstić information content (AvgIpc) is 3.00. The van der Waals surface area contributed by atoms with Crippen LogP contribution in [0.3, 0.4) is 0 Å². The third-order valence-electron chi connectivity index (χ3n) is 8.36. The van der Waals surface area contributed by atoms with Crippen molar-refractivity contribution in [3.05, 3.63) is 12.2 Å². The summed E-state index contributed by atoms with van der Waals surface area (Å²) in [5, 5.41) is 0. The highest BCUT2D eigenvalue weighted by molar-refractivity contribution is 5.69. The van der Waals surface area contributed by atoms with Gasteiger partial charge in [0.25, 0.3) is 0 Å². The second-order valence-corrected chi connectivity index (χ2v) is 14.1. The molecule has 0 aliphatic carbocycles. The van der Waals surface area contributed by atoms with Crippen molar-refractivity contribution in [1.29, 1.82) is 0 Å². The zero-order valence-corrected chi connectivity index (χ0v) is 32.2. The summed E-state index contributed by atoms with van der Waals surface area (Å²) < 4.78 is 10.3. The molecule has 0 saturated heterocycles. The van der Waals surface area contributed by atoms with Crippen molar-refractivity contribution in [2.24, 2.45) is 0 Å². The monoisotopic (exact) mass is 651 g/mol. The normalized spacial score (nSPS) is 11.3. The fourth-order valence-electron chi connectivity index (χ4n) is 5.62. The maximum atomic E-state index is 11.4. The summed E-state index contributed by atoms with van der Waals surface area (Å²) in [5.74, 6) is -0.0766. The van der Waals surface area contributed by atoms with E-state index in [1.807, 2.05) is 27.7 Å². The van der Waals surface area contributed by atoms with Crippen molar-refractivity contribution in [2.75, 3.05) is 0 Å². The Balaban J connectivity index is 0. The Hall–Kier alpha value is -1.32. The molecule has 4 nitrogen and oxygen atoms in total. The predicted molar refractivity (Wildman–Crippen MR) is 201 cm³/mol. The van der Waals surface area contributed by atoms with E-state index >= 15 is 0 Å². The summed E-state index contributed by atoms with van der Waals surface area (Å²) in [6.07, 6.45) is 42.9. The topological polar surface area (TPSA) is 52.6 Å². The first-order valence-corrected chi connectivity index (χ1v) is 20.4. The molecule has 0 aromatic carbocycles. The zero-order chi connectivity index (χ0) is 34.4. The van der Waals surface area contributed by atoms with Gasteiger partial charge >= 0.3 is 11.9 Å². The molecule has 0 rings (SSSR count). The van der Waals surface area contributed by atoms with E-state index in [9.17, 15) is 9.59 Å². The minimum absolute atomic E-state index is 0.0191. The lowest BCUT2D eigenvalue weighted by atomic mass is 10.0. The molecule has 0 fully saturated rings. The van der Waals surface area contributed by atoms with Crippen molar-refractivity contribution in [3.63, 3.8) is 0 Å². The second-order valence-electron chi connectivity index (χ2n) is 14.1. The Morgan fingerprint density at radius 2 is 0.630 bits per heavy atom. The van der Waals surface area contributed by atoms with Gasteiger partial charge in [-0.3, -0.25) is 9.59 Å². The lowest BCUT2D eigenvalue weighted by Gasteiger charge is -2.07. The Morgan fingerprint density at radius 3 is 0.891 bits per heavy atom. The van der Waals surface area contributed by atoms with Crippen LogP contribution >= 0.6 is 0 Å². The van der Waals surface area contributed by atoms with Crippen LogP contribution < -0.4 is 0 Å². The van der Waals surface area contributed by atoms with Crippen LogP contribution in [0.15, 0.2) is 12.2 Å². The van der Waals surface area contributed by atoms with Crippen LogP contribution in [-0.2, 0) is 19.1 Å². The van der Waals surface area contributed by atoms with E-state index < -0.39 is 0 Å². The van der Waals surface area contributed by atoms with Gasteiger partial charge in [0.1, 0.15) is 0 Å². The molecule has 0 aliphatic rings. The maximum absolute atomic E-state index is 11.4. The summed E-state index contributed by atoms with van der Waals surface area (Å²) in [4.78, 5) is 22.7. The molecule has 0 heterocycles. The number of unbranched alkanes of at least 4 members (excludes halogenated alkanes) is 25. The summed E-state index contributed by atoms with van der Waals surface area (Å²) in [6.45, 7) is 12.2. The van der Waals surface area contributed by atoms with E-state index in [0.29, 0.717) is 12.8 Å². The molecule has 0 bridgehead atoms. The van der Waals surface area contributed by atoms with Crippen LogP contribution in [-0.4, -0.2) is 24.1 Å². The molecule has 0 spiro atoms. The van der Waals surface area contributed by atoms with Crippen LogP contribution in [0.5, 0.6) is 0 Å². The van der Waals surface area contributed by atoms with Gasteiger partial charge in [0.15, 0.2) is 0 Å². The molecule has 0 aromatic heterocycles. The number of carbonyl (C=O) groups excluding carboxylic acids is 2. The van der Waals surface area contributed by atoms with E-state index in [0.717, 1.165) is 19.3 Å². The van der Waals surface area contributed by atoms with Gasteiger partial charge in [-0.15, -0.1) is 0 Å². The summed E-state index contributed by atoms with van der Waals surface area (Å²) in [5.41, 5.74) is 0. The minimum atomic E-state index is -0.0439. The van der Waals surface area contributed by atoms with Gasteiger partial charge in [-0.1, -0.05) is 167 Å². The molecule has 0 atom stereocenters. The van der Waals surface area contributed by atoms with E-state index in [-0.39, 0.29) is 24.1 Å². The molecule has 0 amide bonds. The second kappa shape index (κ2) is 39.9. The van der Waals surface area contributed by atoms with E-state index in [2.05, 4.69) is 26.0 Å². The first-order chi connectivity index (χ1) is 22.3. The SMILES string of the molecule is CCCCCCCCC=CCCCCCCCC(=O)OC(C)C.CCCCCCCCCCCCCCCCCC(=O)OC(C)C. The molecule has 0 N–H and O–H groups in total. The molecule has 0 aromatic rings. The fourth-order valence-corrected chi connectivity index (χ4v) is 5.62. The van der Waals surface area contributed by atoms with E-state index in [4.69, 9.17) is 9.47 Å². The zero-order valence-electron chi connectivity index (χ0n) is 32.2. The largest absolute Gasteiger partial charge is 0.463 e. The summed E-state index contributed by atoms with van der Waals surface area (Å²) >= 11 is 0. The standard InChI is InChI=1S/C21H42O2.C21H40O2/c2*1-4-5-6-7-8-9-10-11-12-13-14-15-16-17-18-19-21(22)23-20(2)3/h20H,4-19H2,1-3H3;11-12,20H,4-10,13-19H2,1-3H3. The highest BCUT2D eigenvalue weighted by Crippen LogP contribution is 2.14. The third-order valence-corrected chi connectivity index (χ3v) is 8.36. The van der Waals surface area contributed by atoms with Gasteiger partial charge in [-0.25, -0.2) is 0 Å². The highest BCUT2D eigenvalue weighted by atomic mass is 16.5. The quantitative estimate of drug-likeness (QED) is 0.0403. The van der Waals surface area contributed by atoms with Crippen LogP contribution in [0, 0.1) is 0 Å². The highest BCUT2D eigenvalue weighted by Gasteiger charge is 2.05. The molecule has 4 heteroatoms. The third kappa shape index (κ3) is 44.8. The van der Waals surface area contributed by atoms with Crippen molar-refractivity contribution in [2.45, 2.75) is 246 Å². The molecule has 274 valence electrons. The van der Waals surface area contributed by atoms with Gasteiger partial charge < -0.3 is 9.47 Å². The number of allylic oxidation sites excluding steroid dienone is 2. The fraction of sp³-hybridized carbons (Fsp3) is 0.905. The Bertz CT molecular complexity index is 640. The van der Waals surface area contributed by atoms with Gasteiger partial charge in [0.2, 0.25) is 0 Å². The van der Waals surface area contributed by atoms with Crippen LogP contribution in [0.2, 0.25) is 0 Å². The smallest absolute Gasteiger partial charge is 0.306 e. The molecule has 0 saturated carbocycles. The van der Waals surface area contributed by atoms with Crippen LogP contribution in [0.25, 0.3) is 0 Å². The van der Waals surface area contributed by atoms with Gasteiger partial charge in [-0.2, -0.15) is 0 Å². The molecular weight excluding hydrogens is 568 g/mol. The number of carbonyl (C=O) groups is 2. The molecular formula is C42H82O4. The Labute approximate surface area is 289 Å². The lowest BCUT2D eigenvalue weighted by Crippen LogP contribution is -2.10. The maximum Gasteiger partial charge on any atom is 0.306 e. The summed E-state index contributed by atoms with van der Waals surface area (Å²) in [7, 11) is 0. The average molecular weight is 651 g/mol. The number of esters is 2. The van der Waals surface area contributed by atoms with Crippen molar-refractivity contribution >= 4 is 11.9 Å². The van der Waals surface area contributed by atoms with E-state index in [1.165, 1.54) is 161 Å². The van der Waals surface area contributed by atoms with Crippen molar-refractivity contribution in [1.82, 2.24) is 0 Å². The van der Waals surface area contributed by atoms with Gasteiger partial charge in [0.05, 0.1) is 12.2 Å². The number of hydrogen-bond acceptors (Lipinski definition) is 4. The minimum Gasteiger partial charge on any atom is -0.463 e. The molecule has 0 unspecified atom stereocenters. The Morgan fingerprint density at radius 1 is 0.391 bits per heavy atom. The molecule has 0 aliphatic heterocycles. The first-order valence-electron chi connectivity index (χ1n) is 20.4. The van der Waals surface area contributed by atoms with Crippen LogP contribution in [0.4, 0.5) is 0 Å². The number of ether oxygens (including phenoxy) is 2.